The van der Waals surface area contributed by atoms with Crippen LogP contribution in [0.25, 0.3) is 11.6 Å². The smallest absolute Gasteiger partial charge is 0.256 e. The molecule has 0 fully saturated rings. The van der Waals surface area contributed by atoms with E-state index < -0.39 is 0 Å². The lowest BCUT2D eigenvalue weighted by Crippen LogP contribution is -2.03. The minimum absolute atomic E-state index is 0.158. The summed E-state index contributed by atoms with van der Waals surface area (Å²) in [4.78, 5) is 12.1. The highest BCUT2D eigenvalue weighted by atomic mass is 35.5. The van der Waals surface area contributed by atoms with Gasteiger partial charge in [-0.15, -0.1) is 0 Å². The highest BCUT2D eigenvalue weighted by molar-refractivity contribution is 6.37. The van der Waals surface area contributed by atoms with Gasteiger partial charge in [-0.2, -0.15) is 0 Å². The summed E-state index contributed by atoms with van der Waals surface area (Å²) in [7, 11) is 1.53. The number of halogens is 2. The van der Waals surface area contributed by atoms with Gasteiger partial charge >= 0.3 is 0 Å². The first-order chi connectivity index (χ1) is 10.1. The molecule has 0 spiro atoms. The number of hydrogen-bond acceptors (Lipinski definition) is 2. The molecule has 2 aromatic rings. The van der Waals surface area contributed by atoms with Crippen LogP contribution in [0.3, 0.4) is 0 Å². The Morgan fingerprint density at radius 1 is 1.19 bits per heavy atom. The van der Waals surface area contributed by atoms with Gasteiger partial charge in [0.1, 0.15) is 5.75 Å². The van der Waals surface area contributed by atoms with Crippen LogP contribution in [-0.2, 0) is 4.79 Å². The van der Waals surface area contributed by atoms with Crippen LogP contribution in [0.15, 0.2) is 36.4 Å². The molecule has 0 aliphatic carbocycles. The zero-order valence-electron chi connectivity index (χ0n) is 11.1. The maximum absolute atomic E-state index is 12.1. The van der Waals surface area contributed by atoms with E-state index in [-0.39, 0.29) is 5.91 Å². The number of nitrogens with one attached hydrogen (secondary N) is 1. The molecule has 0 aromatic heterocycles. The lowest BCUT2D eigenvalue weighted by atomic mass is 10.0. The van der Waals surface area contributed by atoms with Crippen molar-refractivity contribution in [2.75, 3.05) is 12.4 Å². The van der Waals surface area contributed by atoms with Crippen LogP contribution in [-0.4, -0.2) is 13.0 Å². The minimum Gasteiger partial charge on any atom is -0.495 e. The van der Waals surface area contributed by atoms with Crippen LogP contribution < -0.4 is 10.1 Å². The Labute approximate surface area is 132 Å². The fourth-order valence-electron chi connectivity index (χ4n) is 2.34. The van der Waals surface area contributed by atoms with E-state index in [1.165, 1.54) is 7.11 Å². The van der Waals surface area contributed by atoms with Crippen LogP contribution in [0.2, 0.25) is 10.0 Å². The van der Waals surface area contributed by atoms with E-state index in [1.807, 2.05) is 24.3 Å². The molecule has 1 heterocycles. The molecule has 21 heavy (non-hydrogen) atoms. The van der Waals surface area contributed by atoms with Crippen molar-refractivity contribution >= 4 is 46.4 Å². The van der Waals surface area contributed by atoms with Crippen LogP contribution in [0.5, 0.6) is 5.75 Å². The Morgan fingerprint density at radius 2 is 1.95 bits per heavy atom. The molecule has 0 atom stereocenters. The van der Waals surface area contributed by atoms with Crippen molar-refractivity contribution < 1.29 is 9.53 Å². The molecule has 0 bridgehead atoms. The second kappa shape index (κ2) is 5.43. The van der Waals surface area contributed by atoms with Crippen LogP contribution in [0, 0.1) is 0 Å². The number of carbonyl (C=O) groups excluding carboxylic acids is 1. The summed E-state index contributed by atoms with van der Waals surface area (Å²) in [5.41, 5.74) is 2.86. The standard InChI is InChI=1S/C16H11Cl2NO2/c1-21-15-9(6-10(17)8-13(15)18)7-12-11-4-2-3-5-14(11)19-16(12)20/h2-8H,1H3,(H,19,20)/b12-7-. The average molecular weight is 320 g/mol. The summed E-state index contributed by atoms with van der Waals surface area (Å²) in [6.07, 6.45) is 1.73. The summed E-state index contributed by atoms with van der Waals surface area (Å²) in [5.74, 6) is 0.333. The van der Waals surface area contributed by atoms with E-state index >= 15 is 0 Å². The Kier molecular flexibility index (Phi) is 3.62. The topological polar surface area (TPSA) is 38.3 Å². The zero-order valence-corrected chi connectivity index (χ0v) is 12.6. The largest absolute Gasteiger partial charge is 0.495 e. The highest BCUT2D eigenvalue weighted by Gasteiger charge is 2.24. The minimum atomic E-state index is -0.158. The molecule has 1 aliphatic rings. The average Bonchev–Trinajstić information content (AvgIpc) is 2.75. The van der Waals surface area contributed by atoms with Crippen molar-refractivity contribution in [1.29, 1.82) is 0 Å². The molecule has 3 nitrogen and oxygen atoms in total. The van der Waals surface area contributed by atoms with E-state index in [1.54, 1.807) is 18.2 Å². The highest BCUT2D eigenvalue weighted by Crippen LogP contribution is 2.37. The molecule has 2 aromatic carbocycles. The summed E-state index contributed by atoms with van der Waals surface area (Å²) >= 11 is 12.1. The maximum Gasteiger partial charge on any atom is 0.256 e. The second-order valence-corrected chi connectivity index (χ2v) is 5.41. The fraction of sp³-hybridized carbons (Fsp3) is 0.0625. The van der Waals surface area contributed by atoms with Gasteiger partial charge in [0.15, 0.2) is 0 Å². The van der Waals surface area contributed by atoms with Gasteiger partial charge in [0, 0.05) is 27.4 Å². The van der Waals surface area contributed by atoms with Crippen LogP contribution >= 0.6 is 23.2 Å². The quantitative estimate of drug-likeness (QED) is 0.828. The van der Waals surface area contributed by atoms with Crippen molar-refractivity contribution in [3.05, 3.63) is 57.6 Å². The van der Waals surface area contributed by atoms with Crippen molar-refractivity contribution in [2.24, 2.45) is 0 Å². The maximum atomic E-state index is 12.1. The van der Waals surface area contributed by atoms with Gasteiger partial charge in [0.25, 0.3) is 5.91 Å². The third-order valence-corrected chi connectivity index (χ3v) is 3.75. The monoisotopic (exact) mass is 319 g/mol. The number of hydrogen-bond donors (Lipinski definition) is 1. The van der Waals surface area contributed by atoms with E-state index in [0.717, 1.165) is 11.3 Å². The first kappa shape index (κ1) is 14.0. The van der Waals surface area contributed by atoms with Crippen LogP contribution in [0.1, 0.15) is 11.1 Å². The molecule has 0 unspecified atom stereocenters. The van der Waals surface area contributed by atoms with Crippen molar-refractivity contribution in [3.8, 4) is 5.75 Å². The van der Waals surface area contributed by atoms with Gasteiger partial charge in [0.05, 0.1) is 12.1 Å². The van der Waals surface area contributed by atoms with Gasteiger partial charge in [-0.05, 0) is 24.3 Å². The molecule has 1 N–H and O–H groups in total. The number of methoxy groups -OCH3 is 1. The fourth-order valence-corrected chi connectivity index (χ4v) is 2.93. The lowest BCUT2D eigenvalue weighted by molar-refractivity contribution is -0.110. The third-order valence-electron chi connectivity index (χ3n) is 3.25. The van der Waals surface area contributed by atoms with Crippen LogP contribution in [0.4, 0.5) is 5.69 Å². The SMILES string of the molecule is COc1c(Cl)cc(Cl)cc1/C=C1\C(=O)Nc2ccccc21. The number of anilines is 1. The molecular formula is C16H11Cl2NO2. The number of ether oxygens (including phenoxy) is 1. The molecule has 3 rings (SSSR count). The van der Waals surface area contributed by atoms with E-state index in [9.17, 15) is 4.79 Å². The first-order valence-electron chi connectivity index (χ1n) is 6.25. The number of amides is 1. The summed E-state index contributed by atoms with van der Waals surface area (Å²) in [5, 5.41) is 3.71. The summed E-state index contributed by atoms with van der Waals surface area (Å²) in [6.45, 7) is 0. The molecule has 1 amide bonds. The summed E-state index contributed by atoms with van der Waals surface area (Å²) in [6, 6.07) is 10.8. The van der Waals surface area contributed by atoms with E-state index in [0.29, 0.717) is 26.9 Å². The normalized spacial score (nSPS) is 15.0. The van der Waals surface area contributed by atoms with Gasteiger partial charge in [-0.3, -0.25) is 4.79 Å². The molecule has 5 heteroatoms. The Hall–Kier alpha value is -1.97. The number of rotatable bonds is 2. The molecular weight excluding hydrogens is 309 g/mol. The molecule has 1 aliphatic heterocycles. The second-order valence-electron chi connectivity index (χ2n) is 4.57. The lowest BCUT2D eigenvalue weighted by Gasteiger charge is -2.08. The first-order valence-corrected chi connectivity index (χ1v) is 7.01. The predicted molar refractivity (Wildman–Crippen MR) is 86.0 cm³/mol. The number of fused-ring (bicyclic) bond motifs is 1. The number of para-hydroxylation sites is 1. The van der Waals surface area contributed by atoms with Crippen molar-refractivity contribution in [2.45, 2.75) is 0 Å². The van der Waals surface area contributed by atoms with Gasteiger partial charge in [0.2, 0.25) is 0 Å². The van der Waals surface area contributed by atoms with Crippen molar-refractivity contribution in [3.63, 3.8) is 0 Å². The Morgan fingerprint density at radius 3 is 2.71 bits per heavy atom. The zero-order chi connectivity index (χ0) is 15.0. The number of carbonyl (C=O) groups is 1. The van der Waals surface area contributed by atoms with Gasteiger partial charge < -0.3 is 10.1 Å². The number of benzene rings is 2. The summed E-state index contributed by atoms with van der Waals surface area (Å²) < 4.78 is 5.30. The van der Waals surface area contributed by atoms with Crippen molar-refractivity contribution in [1.82, 2.24) is 0 Å². The third kappa shape index (κ3) is 2.50. The predicted octanol–water partition coefficient (Wildman–Crippen LogP) is 4.49. The molecule has 0 saturated carbocycles. The molecule has 0 saturated heterocycles. The van der Waals surface area contributed by atoms with Gasteiger partial charge in [-0.1, -0.05) is 41.4 Å². The van der Waals surface area contributed by atoms with E-state index in [2.05, 4.69) is 5.32 Å². The molecule has 0 radical (unpaired) electrons. The Balaban J connectivity index is 2.17. The molecule has 106 valence electrons. The Bertz CT molecular complexity index is 769. The van der Waals surface area contributed by atoms with Gasteiger partial charge in [-0.25, -0.2) is 0 Å². The van der Waals surface area contributed by atoms with E-state index in [4.69, 9.17) is 27.9 Å².